The standard InChI is InChI=1S/C12H12Br3N3/c1-2-5-18-11(7-13)16-17-12(18)9-4-3-8(14)6-10(9)15/h3-4,6H,2,5,7H2,1H3. The van der Waals surface area contributed by atoms with Crippen molar-refractivity contribution in [2.75, 3.05) is 0 Å². The van der Waals surface area contributed by atoms with Gasteiger partial charge in [0.1, 0.15) is 5.82 Å². The van der Waals surface area contributed by atoms with Gasteiger partial charge >= 0.3 is 0 Å². The second-order valence-corrected chi connectivity index (χ2v) is 6.18. The highest BCUT2D eigenvalue weighted by molar-refractivity contribution is 9.11. The second kappa shape index (κ2) is 6.30. The van der Waals surface area contributed by atoms with E-state index >= 15 is 0 Å². The van der Waals surface area contributed by atoms with Crippen LogP contribution in [0.25, 0.3) is 11.4 Å². The first-order valence-electron chi connectivity index (χ1n) is 5.60. The van der Waals surface area contributed by atoms with Crippen LogP contribution < -0.4 is 0 Å². The molecule has 0 aliphatic carbocycles. The van der Waals surface area contributed by atoms with Gasteiger partial charge in [0.15, 0.2) is 5.82 Å². The minimum atomic E-state index is 0.716. The summed E-state index contributed by atoms with van der Waals surface area (Å²) in [5.74, 6) is 1.87. The monoisotopic (exact) mass is 435 g/mol. The van der Waals surface area contributed by atoms with Crippen LogP contribution in [0, 0.1) is 0 Å². The van der Waals surface area contributed by atoms with Gasteiger partial charge < -0.3 is 4.57 Å². The fourth-order valence-electron chi connectivity index (χ4n) is 1.76. The third-order valence-electron chi connectivity index (χ3n) is 2.57. The van der Waals surface area contributed by atoms with Crippen molar-refractivity contribution < 1.29 is 0 Å². The van der Waals surface area contributed by atoms with Gasteiger partial charge in [0.25, 0.3) is 0 Å². The third-order valence-corrected chi connectivity index (χ3v) is 4.22. The number of rotatable bonds is 4. The summed E-state index contributed by atoms with van der Waals surface area (Å²) in [5, 5.41) is 9.25. The van der Waals surface area contributed by atoms with E-state index in [-0.39, 0.29) is 0 Å². The molecule has 1 heterocycles. The van der Waals surface area contributed by atoms with Crippen LogP contribution in [0.2, 0.25) is 0 Å². The van der Waals surface area contributed by atoms with Gasteiger partial charge in [-0.05, 0) is 40.5 Å². The fraction of sp³-hybridized carbons (Fsp3) is 0.333. The van der Waals surface area contributed by atoms with Gasteiger partial charge in [-0.3, -0.25) is 0 Å². The summed E-state index contributed by atoms with van der Waals surface area (Å²) >= 11 is 10.5. The molecule has 0 fully saturated rings. The van der Waals surface area contributed by atoms with Crippen molar-refractivity contribution in [3.8, 4) is 11.4 Å². The molecule has 0 amide bonds. The third kappa shape index (κ3) is 2.86. The normalized spacial score (nSPS) is 10.9. The molecule has 2 rings (SSSR count). The summed E-state index contributed by atoms with van der Waals surface area (Å²) in [5.41, 5.74) is 1.06. The Bertz CT molecular complexity index is 551. The summed E-state index contributed by atoms with van der Waals surface area (Å²) in [6, 6.07) is 6.08. The maximum absolute atomic E-state index is 4.30. The van der Waals surface area contributed by atoms with Crippen LogP contribution in [0.1, 0.15) is 19.2 Å². The molecule has 0 spiro atoms. The van der Waals surface area contributed by atoms with Gasteiger partial charge in [0.2, 0.25) is 0 Å². The maximum Gasteiger partial charge on any atom is 0.165 e. The Balaban J connectivity index is 2.52. The van der Waals surface area contributed by atoms with Crippen molar-refractivity contribution in [3.05, 3.63) is 33.0 Å². The molecule has 0 saturated carbocycles. The van der Waals surface area contributed by atoms with Crippen LogP contribution in [0.5, 0.6) is 0 Å². The Morgan fingerprint density at radius 2 is 2.00 bits per heavy atom. The topological polar surface area (TPSA) is 30.7 Å². The Morgan fingerprint density at radius 1 is 1.22 bits per heavy atom. The Morgan fingerprint density at radius 3 is 2.61 bits per heavy atom. The number of nitrogens with zero attached hydrogens (tertiary/aromatic N) is 3. The molecule has 0 saturated heterocycles. The maximum atomic E-state index is 4.30. The molecular weight excluding hydrogens is 426 g/mol. The van der Waals surface area contributed by atoms with Crippen molar-refractivity contribution in [2.24, 2.45) is 0 Å². The molecule has 0 aliphatic heterocycles. The molecule has 3 nitrogen and oxygen atoms in total. The van der Waals surface area contributed by atoms with E-state index in [1.54, 1.807) is 0 Å². The summed E-state index contributed by atoms with van der Waals surface area (Å²) < 4.78 is 4.21. The van der Waals surface area contributed by atoms with E-state index < -0.39 is 0 Å². The highest BCUT2D eigenvalue weighted by Gasteiger charge is 2.14. The number of hydrogen-bond donors (Lipinski definition) is 0. The smallest absolute Gasteiger partial charge is 0.165 e. The van der Waals surface area contributed by atoms with Crippen LogP contribution in [0.3, 0.4) is 0 Å². The lowest BCUT2D eigenvalue weighted by molar-refractivity contribution is 0.661. The van der Waals surface area contributed by atoms with E-state index in [1.807, 2.05) is 18.2 Å². The quantitative estimate of drug-likeness (QED) is 0.645. The minimum absolute atomic E-state index is 0.716. The van der Waals surface area contributed by atoms with Crippen molar-refractivity contribution in [3.63, 3.8) is 0 Å². The van der Waals surface area contributed by atoms with Crippen molar-refractivity contribution in [1.82, 2.24) is 14.8 Å². The van der Waals surface area contributed by atoms with Crippen molar-refractivity contribution in [2.45, 2.75) is 25.2 Å². The van der Waals surface area contributed by atoms with E-state index in [2.05, 4.69) is 69.5 Å². The zero-order valence-electron chi connectivity index (χ0n) is 9.83. The molecule has 1 aromatic heterocycles. The Hall–Kier alpha value is -0.200. The van der Waals surface area contributed by atoms with Crippen LogP contribution in [-0.4, -0.2) is 14.8 Å². The number of benzene rings is 1. The average molecular weight is 438 g/mol. The van der Waals surface area contributed by atoms with Crippen LogP contribution in [-0.2, 0) is 11.9 Å². The molecule has 2 aromatic rings. The van der Waals surface area contributed by atoms with Gasteiger partial charge in [-0.1, -0.05) is 38.8 Å². The summed E-state index contributed by atoms with van der Waals surface area (Å²) in [7, 11) is 0. The van der Waals surface area contributed by atoms with Crippen LogP contribution in [0.15, 0.2) is 27.1 Å². The average Bonchev–Trinajstić information content (AvgIpc) is 2.73. The lowest BCUT2D eigenvalue weighted by Gasteiger charge is -2.09. The first-order valence-corrected chi connectivity index (χ1v) is 8.31. The summed E-state index contributed by atoms with van der Waals surface area (Å²) in [6.07, 6.45) is 1.05. The van der Waals surface area contributed by atoms with Gasteiger partial charge in [-0.25, -0.2) is 0 Å². The molecule has 96 valence electrons. The Kier molecular flexibility index (Phi) is 4.98. The Labute approximate surface area is 131 Å². The predicted molar refractivity (Wildman–Crippen MR) is 83.8 cm³/mol. The zero-order valence-corrected chi connectivity index (χ0v) is 14.6. The van der Waals surface area contributed by atoms with E-state index in [1.165, 1.54) is 0 Å². The summed E-state index contributed by atoms with van der Waals surface area (Å²) in [4.78, 5) is 0. The number of alkyl halides is 1. The number of hydrogen-bond acceptors (Lipinski definition) is 2. The number of halogens is 3. The molecule has 18 heavy (non-hydrogen) atoms. The zero-order chi connectivity index (χ0) is 13.1. The first kappa shape index (κ1) is 14.2. The molecule has 0 aliphatic rings. The minimum Gasteiger partial charge on any atom is -0.310 e. The van der Waals surface area contributed by atoms with Gasteiger partial charge in [-0.2, -0.15) is 0 Å². The fourth-order valence-corrected chi connectivity index (χ4v) is 3.40. The number of aromatic nitrogens is 3. The highest BCUT2D eigenvalue weighted by atomic mass is 79.9. The van der Waals surface area contributed by atoms with Gasteiger partial charge in [0.05, 0.1) is 5.33 Å². The molecule has 6 heteroatoms. The van der Waals surface area contributed by atoms with Crippen LogP contribution >= 0.6 is 47.8 Å². The molecule has 0 N–H and O–H groups in total. The van der Waals surface area contributed by atoms with E-state index in [0.717, 1.165) is 39.1 Å². The largest absolute Gasteiger partial charge is 0.310 e. The molecule has 0 bridgehead atoms. The lowest BCUT2D eigenvalue weighted by atomic mass is 10.2. The summed E-state index contributed by atoms with van der Waals surface area (Å²) in [6.45, 7) is 3.07. The van der Waals surface area contributed by atoms with Crippen LogP contribution in [0.4, 0.5) is 0 Å². The lowest BCUT2D eigenvalue weighted by Crippen LogP contribution is -2.04. The first-order chi connectivity index (χ1) is 8.67. The molecule has 0 unspecified atom stereocenters. The predicted octanol–water partition coefficient (Wildman–Crippen LogP) is 4.78. The van der Waals surface area contributed by atoms with E-state index in [4.69, 9.17) is 0 Å². The van der Waals surface area contributed by atoms with E-state index in [9.17, 15) is 0 Å². The van der Waals surface area contributed by atoms with Crippen molar-refractivity contribution >= 4 is 47.8 Å². The molecule has 1 aromatic carbocycles. The van der Waals surface area contributed by atoms with E-state index in [0.29, 0.717) is 5.33 Å². The molecule has 0 atom stereocenters. The SMILES string of the molecule is CCCn1c(CBr)nnc1-c1ccc(Br)cc1Br. The molecular formula is C12H12Br3N3. The van der Waals surface area contributed by atoms with Crippen molar-refractivity contribution in [1.29, 1.82) is 0 Å². The van der Waals surface area contributed by atoms with Gasteiger partial charge in [-0.15, -0.1) is 10.2 Å². The highest BCUT2D eigenvalue weighted by Crippen LogP contribution is 2.30. The second-order valence-electron chi connectivity index (χ2n) is 3.85. The van der Waals surface area contributed by atoms with Gasteiger partial charge in [0, 0.05) is 21.1 Å². The molecule has 0 radical (unpaired) electrons.